The fourth-order valence-corrected chi connectivity index (χ4v) is 4.70. The summed E-state index contributed by atoms with van der Waals surface area (Å²) >= 11 is 0. The molecule has 1 N–H and O–H groups in total. The number of carboxylic acids is 1. The third-order valence-corrected chi connectivity index (χ3v) is 7.01. The van der Waals surface area contributed by atoms with Gasteiger partial charge < -0.3 is 10.0 Å². The molecule has 7 heteroatoms. The van der Waals surface area contributed by atoms with E-state index in [4.69, 9.17) is 9.97 Å². The number of halogens is 1. The molecule has 37 heavy (non-hydrogen) atoms. The molecule has 188 valence electrons. The highest BCUT2D eigenvalue weighted by molar-refractivity contribution is 5.98. The van der Waals surface area contributed by atoms with Crippen LogP contribution >= 0.6 is 0 Å². The second-order valence-corrected chi connectivity index (χ2v) is 9.68. The Labute approximate surface area is 214 Å². The molecular formula is C30H28FN3O3. The molecule has 1 aliphatic heterocycles. The van der Waals surface area contributed by atoms with E-state index in [0.29, 0.717) is 66.3 Å². The number of carbonyl (C=O) groups excluding carboxylic acids is 1. The number of hydrogen-bond donors (Lipinski definition) is 1. The van der Waals surface area contributed by atoms with Gasteiger partial charge in [0.05, 0.1) is 28.3 Å². The lowest BCUT2D eigenvalue weighted by atomic mass is 9.91. The lowest BCUT2D eigenvalue weighted by molar-refractivity contribution is -0.141. The number of benzene rings is 3. The van der Waals surface area contributed by atoms with E-state index in [1.54, 1.807) is 37.3 Å². The molecule has 0 radical (unpaired) electrons. The predicted molar refractivity (Wildman–Crippen MR) is 140 cm³/mol. The molecule has 0 spiro atoms. The van der Waals surface area contributed by atoms with Crippen molar-refractivity contribution in [3.05, 3.63) is 95.4 Å². The highest BCUT2D eigenvalue weighted by Crippen LogP contribution is 2.30. The number of hydrogen-bond acceptors (Lipinski definition) is 4. The summed E-state index contributed by atoms with van der Waals surface area (Å²) in [6.07, 6.45) is 1.65. The predicted octanol–water partition coefficient (Wildman–Crippen LogP) is 5.72. The molecule has 0 saturated carbocycles. The first-order valence-electron chi connectivity index (χ1n) is 12.5. The van der Waals surface area contributed by atoms with Crippen LogP contribution in [0.5, 0.6) is 0 Å². The Balaban J connectivity index is 1.40. The zero-order valence-corrected chi connectivity index (χ0v) is 20.6. The van der Waals surface area contributed by atoms with Crippen molar-refractivity contribution >= 4 is 22.9 Å². The normalized spacial score (nSPS) is 14.4. The Morgan fingerprint density at radius 2 is 1.73 bits per heavy atom. The summed E-state index contributed by atoms with van der Waals surface area (Å²) in [6.45, 7) is 3.05. The van der Waals surface area contributed by atoms with Gasteiger partial charge in [0.1, 0.15) is 5.82 Å². The number of aryl methyl sites for hydroxylation is 1. The highest BCUT2D eigenvalue weighted by atomic mass is 19.1. The number of amides is 1. The van der Waals surface area contributed by atoms with E-state index in [0.717, 1.165) is 5.56 Å². The van der Waals surface area contributed by atoms with Crippen molar-refractivity contribution in [1.82, 2.24) is 14.9 Å². The molecule has 5 rings (SSSR count). The maximum absolute atomic E-state index is 13.5. The maximum atomic E-state index is 13.5. The zero-order chi connectivity index (χ0) is 25.9. The topological polar surface area (TPSA) is 83.4 Å². The van der Waals surface area contributed by atoms with Gasteiger partial charge in [-0.1, -0.05) is 37.3 Å². The molecular weight excluding hydrogens is 469 g/mol. The van der Waals surface area contributed by atoms with Crippen molar-refractivity contribution in [2.45, 2.75) is 32.1 Å². The van der Waals surface area contributed by atoms with E-state index in [1.165, 1.54) is 17.7 Å². The van der Waals surface area contributed by atoms with E-state index in [1.807, 2.05) is 23.1 Å². The molecule has 0 aliphatic carbocycles. The van der Waals surface area contributed by atoms with Crippen LogP contribution in [0.1, 0.15) is 47.3 Å². The van der Waals surface area contributed by atoms with Crippen molar-refractivity contribution in [2.24, 2.45) is 5.92 Å². The fraction of sp³-hybridized carbons (Fsp3) is 0.267. The van der Waals surface area contributed by atoms with Gasteiger partial charge >= 0.3 is 5.97 Å². The number of aliphatic carboxylic acids is 1. The van der Waals surface area contributed by atoms with Crippen LogP contribution in [0.15, 0.2) is 72.8 Å². The third-order valence-electron chi connectivity index (χ3n) is 7.01. The van der Waals surface area contributed by atoms with Gasteiger partial charge in [0, 0.05) is 30.1 Å². The van der Waals surface area contributed by atoms with Crippen LogP contribution in [0, 0.1) is 11.7 Å². The number of likely N-dealkylation sites (tertiary alicyclic amines) is 1. The van der Waals surface area contributed by atoms with Crippen LogP contribution in [0.2, 0.25) is 0 Å². The van der Waals surface area contributed by atoms with Gasteiger partial charge in [0.2, 0.25) is 0 Å². The van der Waals surface area contributed by atoms with Crippen molar-refractivity contribution in [3.8, 4) is 11.3 Å². The van der Waals surface area contributed by atoms with E-state index in [-0.39, 0.29) is 11.7 Å². The van der Waals surface area contributed by atoms with Gasteiger partial charge in [-0.3, -0.25) is 9.59 Å². The van der Waals surface area contributed by atoms with Gasteiger partial charge in [0.25, 0.3) is 5.91 Å². The van der Waals surface area contributed by atoms with Gasteiger partial charge in [-0.2, -0.15) is 0 Å². The van der Waals surface area contributed by atoms with Gasteiger partial charge in [-0.25, -0.2) is 14.4 Å². The molecule has 1 amide bonds. The number of nitrogens with zero attached hydrogens (tertiary/aromatic N) is 3. The number of carbonyl (C=O) groups is 2. The summed E-state index contributed by atoms with van der Waals surface area (Å²) in [7, 11) is 0. The first-order chi connectivity index (χ1) is 17.9. The number of carboxylic acid groups (broad SMARTS) is 1. The molecule has 1 fully saturated rings. The summed E-state index contributed by atoms with van der Waals surface area (Å²) in [5, 5.41) is 9.21. The molecule has 1 atom stereocenters. The zero-order valence-electron chi connectivity index (χ0n) is 20.6. The molecule has 6 nitrogen and oxygen atoms in total. The van der Waals surface area contributed by atoms with E-state index in [2.05, 4.69) is 12.1 Å². The van der Waals surface area contributed by atoms with Crippen LogP contribution in [-0.2, 0) is 11.2 Å². The highest BCUT2D eigenvalue weighted by Gasteiger charge is 2.32. The summed E-state index contributed by atoms with van der Waals surface area (Å²) in [6, 6.07) is 21.7. The smallest absolute Gasteiger partial charge is 0.306 e. The average Bonchev–Trinajstić information content (AvgIpc) is 2.88. The summed E-state index contributed by atoms with van der Waals surface area (Å²) in [5.41, 5.74) is 5.14. The second-order valence-electron chi connectivity index (χ2n) is 9.68. The Morgan fingerprint density at radius 3 is 2.43 bits per heavy atom. The minimum absolute atomic E-state index is 0.0321. The van der Waals surface area contributed by atoms with Gasteiger partial charge in [-0.05, 0) is 67.3 Å². The van der Waals surface area contributed by atoms with Crippen LogP contribution in [0.25, 0.3) is 22.3 Å². The largest absolute Gasteiger partial charge is 0.481 e. The van der Waals surface area contributed by atoms with Crippen molar-refractivity contribution in [1.29, 1.82) is 0 Å². The van der Waals surface area contributed by atoms with Crippen LogP contribution < -0.4 is 0 Å². The average molecular weight is 498 g/mol. The number of fused-ring (bicyclic) bond motifs is 1. The Morgan fingerprint density at radius 1 is 1.00 bits per heavy atom. The van der Waals surface area contributed by atoms with Gasteiger partial charge in [0.15, 0.2) is 0 Å². The molecule has 1 aromatic heterocycles. The molecule has 1 unspecified atom stereocenters. The standard InChI is InChI=1S/C30H28FN3O3/c1-19(30(36)37)6-5-9-26-28(21-10-13-24(31)14-11-21)33-25-15-12-22(16-27(25)32-26)29(35)34-17-23(18-34)20-7-3-2-4-8-20/h2-4,7-8,10-16,19,23H,5-6,9,17-18H2,1H3,(H,36,37). The molecule has 1 saturated heterocycles. The maximum Gasteiger partial charge on any atom is 0.306 e. The van der Waals surface area contributed by atoms with E-state index >= 15 is 0 Å². The first-order valence-corrected chi connectivity index (χ1v) is 12.5. The van der Waals surface area contributed by atoms with E-state index < -0.39 is 11.9 Å². The Kier molecular flexibility index (Phi) is 6.95. The lowest BCUT2D eigenvalue weighted by Gasteiger charge is -2.39. The first kappa shape index (κ1) is 24.6. The Hall–Kier alpha value is -4.13. The fourth-order valence-electron chi connectivity index (χ4n) is 4.70. The molecule has 1 aliphatic rings. The number of aromatic nitrogens is 2. The summed E-state index contributed by atoms with van der Waals surface area (Å²) in [5.74, 6) is -1.30. The number of rotatable bonds is 8. The lowest BCUT2D eigenvalue weighted by Crippen LogP contribution is -2.48. The quantitative estimate of drug-likeness (QED) is 0.337. The van der Waals surface area contributed by atoms with Crippen LogP contribution in [0.3, 0.4) is 0 Å². The molecule has 3 aromatic carbocycles. The summed E-state index contributed by atoms with van der Waals surface area (Å²) in [4.78, 5) is 35.9. The second kappa shape index (κ2) is 10.5. The van der Waals surface area contributed by atoms with Crippen LogP contribution in [-0.4, -0.2) is 44.9 Å². The minimum Gasteiger partial charge on any atom is -0.481 e. The summed E-state index contributed by atoms with van der Waals surface area (Å²) < 4.78 is 13.5. The monoisotopic (exact) mass is 497 g/mol. The molecule has 4 aromatic rings. The third kappa shape index (κ3) is 5.35. The van der Waals surface area contributed by atoms with E-state index in [9.17, 15) is 19.1 Å². The Bertz CT molecular complexity index is 1430. The minimum atomic E-state index is -0.827. The van der Waals surface area contributed by atoms with Crippen LogP contribution in [0.4, 0.5) is 4.39 Å². The molecule has 0 bridgehead atoms. The SMILES string of the molecule is CC(CCCc1nc2cc(C(=O)N3CC(c4ccccc4)C3)ccc2nc1-c1ccc(F)cc1)C(=O)O. The molecule has 2 heterocycles. The van der Waals surface area contributed by atoms with Crippen molar-refractivity contribution in [2.75, 3.05) is 13.1 Å². The van der Waals surface area contributed by atoms with Gasteiger partial charge in [-0.15, -0.1) is 0 Å². The van der Waals surface area contributed by atoms with Crippen molar-refractivity contribution in [3.63, 3.8) is 0 Å². The van der Waals surface area contributed by atoms with Crippen molar-refractivity contribution < 1.29 is 19.1 Å².